The topological polar surface area (TPSA) is 12.9 Å². The fraction of sp³-hybridized carbons (Fsp3) is 0. The van der Waals surface area contributed by atoms with Crippen LogP contribution in [0.2, 0.25) is 0 Å². The Labute approximate surface area is 116 Å². The van der Waals surface area contributed by atoms with Gasteiger partial charge in [0, 0.05) is 17.1 Å². The maximum absolute atomic E-state index is 4.54. The standard InChI is InChI=1S/C19H11N/c1-2-7-15-13(6-1)14-8-3-5-12-11-17-16(9-4-10-20-17)19(15)18(12)14/h1-11H. The lowest BCUT2D eigenvalue weighted by Gasteiger charge is -2.06. The summed E-state index contributed by atoms with van der Waals surface area (Å²) in [6.45, 7) is 0. The van der Waals surface area contributed by atoms with E-state index in [1.807, 2.05) is 12.3 Å². The van der Waals surface area contributed by atoms with Crippen molar-refractivity contribution in [1.82, 2.24) is 4.98 Å². The third kappa shape index (κ3) is 1.11. The molecule has 1 nitrogen and oxygen atoms in total. The van der Waals surface area contributed by atoms with Crippen LogP contribution in [0.5, 0.6) is 0 Å². The van der Waals surface area contributed by atoms with Crippen LogP contribution in [-0.4, -0.2) is 4.98 Å². The molecule has 92 valence electrons. The number of aromatic nitrogens is 1. The molecule has 0 unspecified atom stereocenters. The minimum atomic E-state index is 1.07. The number of nitrogens with zero attached hydrogens (tertiary/aromatic N) is 1. The van der Waals surface area contributed by atoms with Crippen molar-refractivity contribution in [2.24, 2.45) is 0 Å². The molecule has 0 atom stereocenters. The van der Waals surface area contributed by atoms with Crippen LogP contribution in [0.1, 0.15) is 0 Å². The third-order valence-corrected chi connectivity index (χ3v) is 4.23. The van der Waals surface area contributed by atoms with Crippen LogP contribution >= 0.6 is 0 Å². The highest BCUT2D eigenvalue weighted by Gasteiger charge is 2.22. The quantitative estimate of drug-likeness (QED) is 0.352. The lowest BCUT2D eigenvalue weighted by Crippen LogP contribution is -1.83. The van der Waals surface area contributed by atoms with Crippen molar-refractivity contribution in [3.05, 3.63) is 66.9 Å². The van der Waals surface area contributed by atoms with Gasteiger partial charge in [0.15, 0.2) is 0 Å². The molecule has 3 aromatic carbocycles. The Bertz CT molecular complexity index is 999. The zero-order valence-electron chi connectivity index (χ0n) is 10.8. The smallest absolute Gasteiger partial charge is 0.0714 e. The number of pyridine rings is 1. The zero-order valence-corrected chi connectivity index (χ0v) is 10.8. The van der Waals surface area contributed by atoms with Crippen molar-refractivity contribution in [3.8, 4) is 22.3 Å². The lowest BCUT2D eigenvalue weighted by molar-refractivity contribution is 1.42. The number of rotatable bonds is 0. The maximum atomic E-state index is 4.54. The van der Waals surface area contributed by atoms with Gasteiger partial charge < -0.3 is 0 Å². The van der Waals surface area contributed by atoms with Crippen molar-refractivity contribution in [2.75, 3.05) is 0 Å². The molecule has 1 aliphatic carbocycles. The van der Waals surface area contributed by atoms with Gasteiger partial charge in [0.1, 0.15) is 0 Å². The van der Waals surface area contributed by atoms with Crippen LogP contribution in [-0.2, 0) is 0 Å². The summed E-state index contributed by atoms with van der Waals surface area (Å²) >= 11 is 0. The molecule has 4 aromatic rings. The number of fused-ring (bicyclic) bond motifs is 5. The second-order valence-corrected chi connectivity index (χ2v) is 5.27. The van der Waals surface area contributed by atoms with E-state index in [0.717, 1.165) is 5.52 Å². The average molecular weight is 253 g/mol. The van der Waals surface area contributed by atoms with Gasteiger partial charge in [-0.3, -0.25) is 4.98 Å². The fourth-order valence-corrected chi connectivity index (χ4v) is 3.44. The van der Waals surface area contributed by atoms with E-state index in [9.17, 15) is 0 Å². The molecule has 0 saturated carbocycles. The van der Waals surface area contributed by atoms with E-state index in [0.29, 0.717) is 0 Å². The second kappa shape index (κ2) is 3.45. The first-order valence-corrected chi connectivity index (χ1v) is 6.84. The largest absolute Gasteiger partial charge is 0.256 e. The zero-order chi connectivity index (χ0) is 13.1. The van der Waals surface area contributed by atoms with Crippen LogP contribution in [0, 0.1) is 0 Å². The van der Waals surface area contributed by atoms with Gasteiger partial charge in [0.25, 0.3) is 0 Å². The Kier molecular flexibility index (Phi) is 1.75. The molecule has 0 aliphatic heterocycles. The highest BCUT2D eigenvalue weighted by Crippen LogP contribution is 2.49. The van der Waals surface area contributed by atoms with Crippen molar-refractivity contribution in [2.45, 2.75) is 0 Å². The second-order valence-electron chi connectivity index (χ2n) is 5.27. The summed E-state index contributed by atoms with van der Waals surface area (Å²) in [4.78, 5) is 4.54. The molecule has 0 spiro atoms. The third-order valence-electron chi connectivity index (χ3n) is 4.23. The Morgan fingerprint density at radius 1 is 0.700 bits per heavy atom. The molecule has 5 rings (SSSR count). The minimum absolute atomic E-state index is 1.07. The summed E-state index contributed by atoms with van der Waals surface area (Å²) in [6.07, 6.45) is 1.87. The molecule has 0 fully saturated rings. The number of hydrogen-bond donors (Lipinski definition) is 0. The first kappa shape index (κ1) is 10.2. The van der Waals surface area contributed by atoms with E-state index >= 15 is 0 Å². The first-order chi connectivity index (χ1) is 9.93. The van der Waals surface area contributed by atoms with E-state index in [2.05, 4.69) is 59.6 Å². The molecular weight excluding hydrogens is 242 g/mol. The van der Waals surface area contributed by atoms with Gasteiger partial charge in [0.05, 0.1) is 5.52 Å². The summed E-state index contributed by atoms with van der Waals surface area (Å²) in [6, 6.07) is 21.6. The predicted molar refractivity (Wildman–Crippen MR) is 83.7 cm³/mol. The van der Waals surface area contributed by atoms with Gasteiger partial charge in [-0.2, -0.15) is 0 Å². The molecule has 1 aliphatic rings. The van der Waals surface area contributed by atoms with Crippen LogP contribution < -0.4 is 0 Å². The molecule has 1 aromatic heterocycles. The SMILES string of the molecule is c1ccc2c(c1)-c1cccc3cc4ncccc4c-2c13. The maximum Gasteiger partial charge on any atom is 0.0714 e. The van der Waals surface area contributed by atoms with Crippen molar-refractivity contribution in [1.29, 1.82) is 0 Å². The average Bonchev–Trinajstić information content (AvgIpc) is 2.85. The molecule has 0 N–H and O–H groups in total. The van der Waals surface area contributed by atoms with E-state index < -0.39 is 0 Å². The summed E-state index contributed by atoms with van der Waals surface area (Å²) in [7, 11) is 0. The number of benzene rings is 3. The summed E-state index contributed by atoms with van der Waals surface area (Å²) in [5.41, 5.74) is 6.43. The fourth-order valence-electron chi connectivity index (χ4n) is 3.44. The van der Waals surface area contributed by atoms with E-state index in [-0.39, 0.29) is 0 Å². The monoisotopic (exact) mass is 253 g/mol. The van der Waals surface area contributed by atoms with Gasteiger partial charge >= 0.3 is 0 Å². The summed E-state index contributed by atoms with van der Waals surface area (Å²) in [5.74, 6) is 0. The molecule has 1 heterocycles. The molecule has 0 saturated heterocycles. The molecule has 0 bridgehead atoms. The van der Waals surface area contributed by atoms with Gasteiger partial charge in [-0.05, 0) is 39.6 Å². The van der Waals surface area contributed by atoms with Crippen LogP contribution in [0.25, 0.3) is 43.9 Å². The van der Waals surface area contributed by atoms with Gasteiger partial charge in [-0.15, -0.1) is 0 Å². The lowest BCUT2D eigenvalue weighted by atomic mass is 9.98. The normalized spacial score (nSPS) is 12.0. The van der Waals surface area contributed by atoms with E-state index in [4.69, 9.17) is 0 Å². The molecule has 0 amide bonds. The van der Waals surface area contributed by atoms with Gasteiger partial charge in [0.2, 0.25) is 0 Å². The first-order valence-electron chi connectivity index (χ1n) is 6.84. The summed E-state index contributed by atoms with van der Waals surface area (Å²) in [5, 5.41) is 3.89. The molecule has 1 heteroatoms. The van der Waals surface area contributed by atoms with Crippen LogP contribution in [0.15, 0.2) is 66.9 Å². The highest BCUT2D eigenvalue weighted by molar-refractivity contribution is 6.23. The van der Waals surface area contributed by atoms with Gasteiger partial charge in [-0.1, -0.05) is 48.5 Å². The highest BCUT2D eigenvalue weighted by atomic mass is 14.6. The molecule has 20 heavy (non-hydrogen) atoms. The minimum Gasteiger partial charge on any atom is -0.256 e. The van der Waals surface area contributed by atoms with E-state index in [1.165, 1.54) is 38.4 Å². The van der Waals surface area contributed by atoms with Gasteiger partial charge in [-0.25, -0.2) is 0 Å². The molecular formula is C19H11N. The van der Waals surface area contributed by atoms with Crippen molar-refractivity contribution >= 4 is 21.7 Å². The summed E-state index contributed by atoms with van der Waals surface area (Å²) < 4.78 is 0. The Morgan fingerprint density at radius 3 is 2.50 bits per heavy atom. The Morgan fingerprint density at radius 2 is 1.55 bits per heavy atom. The Balaban J connectivity index is 2.15. The van der Waals surface area contributed by atoms with Crippen molar-refractivity contribution in [3.63, 3.8) is 0 Å². The Hall–Kier alpha value is -2.67. The van der Waals surface area contributed by atoms with Crippen LogP contribution in [0.4, 0.5) is 0 Å². The number of hydrogen-bond acceptors (Lipinski definition) is 1. The molecule has 0 radical (unpaired) electrons. The van der Waals surface area contributed by atoms with E-state index in [1.54, 1.807) is 0 Å². The predicted octanol–water partition coefficient (Wildman–Crippen LogP) is 5.04. The van der Waals surface area contributed by atoms with Crippen LogP contribution in [0.3, 0.4) is 0 Å². The van der Waals surface area contributed by atoms with Crippen molar-refractivity contribution < 1.29 is 0 Å².